The molecule has 2 rings (SSSR count). The third kappa shape index (κ3) is 3.64. The summed E-state index contributed by atoms with van der Waals surface area (Å²) in [6.45, 7) is 5.91. The normalized spacial score (nSPS) is 18.0. The maximum Gasteiger partial charge on any atom is 0.133 e. The Morgan fingerprint density at radius 2 is 2.40 bits per heavy atom. The van der Waals surface area contributed by atoms with Crippen LogP contribution in [0.5, 0.6) is 0 Å². The van der Waals surface area contributed by atoms with Gasteiger partial charge >= 0.3 is 0 Å². The number of hydrogen-bond donors (Lipinski definition) is 2. The van der Waals surface area contributed by atoms with Gasteiger partial charge in [-0.1, -0.05) is 5.16 Å². The molecule has 1 aliphatic rings. The summed E-state index contributed by atoms with van der Waals surface area (Å²) in [6, 6.07) is 3.22. The van der Waals surface area contributed by atoms with Crippen LogP contribution in [-0.4, -0.2) is 23.8 Å². The maximum atomic E-state index is 5.00. The molecule has 0 bridgehead atoms. The van der Waals surface area contributed by atoms with E-state index in [1.54, 1.807) is 0 Å². The highest BCUT2D eigenvalue weighted by Crippen LogP contribution is 2.18. The molecule has 4 nitrogen and oxygen atoms in total. The third-order valence-corrected chi connectivity index (χ3v) is 2.60. The smallest absolute Gasteiger partial charge is 0.133 e. The van der Waals surface area contributed by atoms with Crippen LogP contribution in [0, 0.1) is 6.92 Å². The molecule has 1 atom stereocenters. The zero-order valence-corrected chi connectivity index (χ0v) is 9.42. The Kier molecular flexibility index (Phi) is 3.38. The first-order chi connectivity index (χ1) is 7.24. The number of aromatic nitrogens is 1. The van der Waals surface area contributed by atoms with Crippen LogP contribution in [0.25, 0.3) is 0 Å². The molecule has 0 amide bonds. The van der Waals surface area contributed by atoms with Gasteiger partial charge in [-0.05, 0) is 26.7 Å². The monoisotopic (exact) mass is 209 g/mol. The van der Waals surface area contributed by atoms with Crippen LogP contribution in [0.3, 0.4) is 0 Å². The van der Waals surface area contributed by atoms with Crippen molar-refractivity contribution in [1.82, 2.24) is 15.8 Å². The summed E-state index contributed by atoms with van der Waals surface area (Å²) in [6.07, 6.45) is 2.68. The molecular weight excluding hydrogens is 190 g/mol. The van der Waals surface area contributed by atoms with Gasteiger partial charge in [0.25, 0.3) is 0 Å². The molecule has 0 radical (unpaired) electrons. The minimum Gasteiger partial charge on any atom is -0.361 e. The molecule has 0 aliphatic heterocycles. The van der Waals surface area contributed by atoms with Gasteiger partial charge in [0.15, 0.2) is 0 Å². The Balaban J connectivity index is 1.63. The summed E-state index contributed by atoms with van der Waals surface area (Å²) in [5, 5.41) is 10.8. The van der Waals surface area contributed by atoms with E-state index >= 15 is 0 Å². The zero-order chi connectivity index (χ0) is 10.7. The van der Waals surface area contributed by atoms with E-state index in [2.05, 4.69) is 22.7 Å². The molecule has 0 aromatic carbocycles. The number of nitrogens with one attached hydrogen (secondary N) is 2. The van der Waals surface area contributed by atoms with E-state index in [1.165, 1.54) is 12.8 Å². The summed E-state index contributed by atoms with van der Waals surface area (Å²) < 4.78 is 5.00. The van der Waals surface area contributed by atoms with Crippen LogP contribution in [0.4, 0.5) is 0 Å². The van der Waals surface area contributed by atoms with Crippen LogP contribution in [0.1, 0.15) is 31.2 Å². The second kappa shape index (κ2) is 4.77. The molecule has 4 heteroatoms. The summed E-state index contributed by atoms with van der Waals surface area (Å²) in [5.41, 5.74) is 0.978. The fraction of sp³-hybridized carbons (Fsp3) is 0.727. The Morgan fingerprint density at radius 3 is 3.00 bits per heavy atom. The maximum absolute atomic E-state index is 5.00. The molecule has 84 valence electrons. The Bertz CT molecular complexity index is 307. The minimum atomic E-state index is 0.475. The molecular formula is C11H19N3O. The lowest BCUT2D eigenvalue weighted by Gasteiger charge is -2.13. The van der Waals surface area contributed by atoms with Crippen molar-refractivity contribution in [3.63, 3.8) is 0 Å². The first kappa shape index (κ1) is 10.6. The SMILES string of the molecule is Cc1cc(CNC(C)CNC2CC2)no1. The van der Waals surface area contributed by atoms with E-state index in [0.29, 0.717) is 6.04 Å². The predicted molar refractivity (Wildman–Crippen MR) is 58.6 cm³/mol. The van der Waals surface area contributed by atoms with Crippen LogP contribution < -0.4 is 10.6 Å². The second-order valence-electron chi connectivity index (χ2n) is 4.39. The number of aryl methyl sites for hydroxylation is 1. The molecule has 15 heavy (non-hydrogen) atoms. The van der Waals surface area contributed by atoms with Gasteiger partial charge in [0.1, 0.15) is 5.76 Å². The molecule has 1 aromatic rings. The van der Waals surface area contributed by atoms with Crippen molar-refractivity contribution < 1.29 is 4.52 Å². The van der Waals surface area contributed by atoms with Gasteiger partial charge in [0.2, 0.25) is 0 Å². The van der Waals surface area contributed by atoms with Gasteiger partial charge < -0.3 is 15.2 Å². The average Bonchev–Trinajstić information content (AvgIpc) is 2.95. The topological polar surface area (TPSA) is 50.1 Å². The summed E-state index contributed by atoms with van der Waals surface area (Å²) in [5.74, 6) is 0.871. The standard InChI is InChI=1S/C11H19N3O/c1-8(6-13-10-3-4-10)12-7-11-5-9(2)15-14-11/h5,8,10,12-13H,3-4,6-7H2,1-2H3. The van der Waals surface area contributed by atoms with E-state index in [0.717, 1.165) is 30.6 Å². The fourth-order valence-corrected chi connectivity index (χ4v) is 1.48. The second-order valence-corrected chi connectivity index (χ2v) is 4.39. The van der Waals surface area contributed by atoms with Gasteiger partial charge in [0.05, 0.1) is 5.69 Å². The Labute approximate surface area is 90.4 Å². The first-order valence-corrected chi connectivity index (χ1v) is 5.63. The highest BCUT2D eigenvalue weighted by Gasteiger charge is 2.20. The van der Waals surface area contributed by atoms with Crippen molar-refractivity contribution in [2.45, 2.75) is 45.3 Å². The van der Waals surface area contributed by atoms with Crippen LogP contribution >= 0.6 is 0 Å². The van der Waals surface area contributed by atoms with E-state index in [-0.39, 0.29) is 0 Å². The molecule has 1 aliphatic carbocycles. The molecule has 1 fully saturated rings. The number of hydrogen-bond acceptors (Lipinski definition) is 4. The fourth-order valence-electron chi connectivity index (χ4n) is 1.48. The van der Waals surface area contributed by atoms with E-state index in [9.17, 15) is 0 Å². The van der Waals surface area contributed by atoms with E-state index < -0.39 is 0 Å². The van der Waals surface area contributed by atoms with Crippen LogP contribution in [0.2, 0.25) is 0 Å². The summed E-state index contributed by atoms with van der Waals surface area (Å²) in [4.78, 5) is 0. The van der Waals surface area contributed by atoms with E-state index in [4.69, 9.17) is 4.52 Å². The highest BCUT2D eigenvalue weighted by molar-refractivity contribution is 5.03. The van der Waals surface area contributed by atoms with Crippen molar-refractivity contribution in [2.75, 3.05) is 6.54 Å². The Morgan fingerprint density at radius 1 is 1.60 bits per heavy atom. The lowest BCUT2D eigenvalue weighted by atomic mass is 10.3. The number of rotatable bonds is 6. The van der Waals surface area contributed by atoms with Crippen molar-refractivity contribution in [3.8, 4) is 0 Å². The molecule has 1 aromatic heterocycles. The van der Waals surface area contributed by atoms with Gasteiger partial charge in [-0.25, -0.2) is 0 Å². The molecule has 2 N–H and O–H groups in total. The van der Waals surface area contributed by atoms with Crippen molar-refractivity contribution >= 4 is 0 Å². The quantitative estimate of drug-likeness (QED) is 0.739. The summed E-state index contributed by atoms with van der Waals surface area (Å²) >= 11 is 0. The number of nitrogens with zero attached hydrogens (tertiary/aromatic N) is 1. The van der Waals surface area contributed by atoms with Crippen LogP contribution in [-0.2, 0) is 6.54 Å². The highest BCUT2D eigenvalue weighted by atomic mass is 16.5. The molecule has 0 saturated heterocycles. The van der Waals surface area contributed by atoms with Gasteiger partial charge in [0, 0.05) is 31.2 Å². The van der Waals surface area contributed by atoms with Crippen LogP contribution in [0.15, 0.2) is 10.6 Å². The third-order valence-electron chi connectivity index (χ3n) is 2.60. The largest absolute Gasteiger partial charge is 0.361 e. The lowest BCUT2D eigenvalue weighted by molar-refractivity contribution is 0.385. The molecule has 1 saturated carbocycles. The van der Waals surface area contributed by atoms with Gasteiger partial charge in [-0.2, -0.15) is 0 Å². The van der Waals surface area contributed by atoms with Crippen molar-refractivity contribution in [1.29, 1.82) is 0 Å². The van der Waals surface area contributed by atoms with E-state index in [1.807, 2.05) is 13.0 Å². The van der Waals surface area contributed by atoms with Gasteiger partial charge in [-0.3, -0.25) is 0 Å². The minimum absolute atomic E-state index is 0.475. The molecule has 1 unspecified atom stereocenters. The van der Waals surface area contributed by atoms with Crippen molar-refractivity contribution in [2.24, 2.45) is 0 Å². The first-order valence-electron chi connectivity index (χ1n) is 5.63. The average molecular weight is 209 g/mol. The Hall–Kier alpha value is -0.870. The lowest BCUT2D eigenvalue weighted by Crippen LogP contribution is -2.36. The summed E-state index contributed by atoms with van der Waals surface area (Å²) in [7, 11) is 0. The predicted octanol–water partition coefficient (Wildman–Crippen LogP) is 1.21. The van der Waals surface area contributed by atoms with Crippen molar-refractivity contribution in [3.05, 3.63) is 17.5 Å². The molecule has 0 spiro atoms. The zero-order valence-electron chi connectivity index (χ0n) is 9.42. The molecule has 1 heterocycles. The van der Waals surface area contributed by atoms with Gasteiger partial charge in [-0.15, -0.1) is 0 Å².